The van der Waals surface area contributed by atoms with E-state index in [0.717, 1.165) is 14.9 Å². The lowest BCUT2D eigenvalue weighted by atomic mass is 10.2. The number of hydrogen-bond acceptors (Lipinski definition) is 5. The van der Waals surface area contributed by atoms with Gasteiger partial charge < -0.3 is 9.25 Å². The van der Waals surface area contributed by atoms with E-state index >= 15 is 0 Å². The van der Waals surface area contributed by atoms with Gasteiger partial charge >= 0.3 is 0 Å². The Morgan fingerprint density at radius 2 is 2.19 bits per heavy atom. The van der Waals surface area contributed by atoms with Crippen molar-refractivity contribution in [2.45, 2.75) is 6.61 Å². The molecule has 0 unspecified atom stereocenters. The molecule has 4 nitrogen and oxygen atoms in total. The first kappa shape index (κ1) is 14.0. The topological polar surface area (TPSA) is 47.6 Å². The molecule has 0 N–H and O–H groups in total. The van der Waals surface area contributed by atoms with Crippen molar-refractivity contribution in [2.24, 2.45) is 5.16 Å². The van der Waals surface area contributed by atoms with Crippen LogP contribution in [0.1, 0.15) is 11.3 Å². The lowest BCUT2D eigenvalue weighted by molar-refractivity contribution is 0.129. The molecule has 0 amide bonds. The van der Waals surface area contributed by atoms with Crippen molar-refractivity contribution in [1.29, 1.82) is 0 Å². The third-order valence-corrected chi connectivity index (χ3v) is 4.25. The first-order valence-electron chi connectivity index (χ1n) is 6.21. The molecule has 0 aliphatic rings. The lowest BCUT2D eigenvalue weighted by Crippen LogP contribution is -1.89. The maximum atomic E-state index is 5.40. The van der Waals surface area contributed by atoms with Gasteiger partial charge in [0, 0.05) is 10.0 Å². The van der Waals surface area contributed by atoms with E-state index in [2.05, 4.69) is 26.1 Å². The molecule has 0 saturated heterocycles. The van der Waals surface area contributed by atoms with Crippen molar-refractivity contribution in [3.8, 4) is 10.8 Å². The van der Waals surface area contributed by atoms with Crippen LogP contribution in [0.15, 0.2) is 62.1 Å². The maximum Gasteiger partial charge on any atom is 0.236 e. The van der Waals surface area contributed by atoms with Gasteiger partial charge in [0.1, 0.15) is 12.0 Å². The molecule has 106 valence electrons. The normalized spacial score (nSPS) is 11.1. The number of aromatic nitrogens is 1. The maximum absolute atomic E-state index is 5.40. The molecule has 21 heavy (non-hydrogen) atoms. The van der Waals surface area contributed by atoms with Crippen LogP contribution >= 0.6 is 27.3 Å². The molecule has 2 heterocycles. The van der Waals surface area contributed by atoms with Crippen LogP contribution in [0.25, 0.3) is 10.8 Å². The molecule has 3 rings (SSSR count). The first-order chi connectivity index (χ1) is 10.3. The Morgan fingerprint density at radius 3 is 3.00 bits per heavy atom. The number of rotatable bonds is 5. The zero-order valence-electron chi connectivity index (χ0n) is 10.9. The molecule has 6 heteroatoms. The highest BCUT2D eigenvalue weighted by molar-refractivity contribution is 9.10. The Hall–Kier alpha value is -1.92. The molecule has 2 aromatic heterocycles. The average Bonchev–Trinajstić information content (AvgIpc) is 3.16. The van der Waals surface area contributed by atoms with Gasteiger partial charge in [0.25, 0.3) is 0 Å². The third kappa shape index (κ3) is 3.59. The number of halogens is 1. The monoisotopic (exact) mass is 362 g/mol. The molecule has 0 fully saturated rings. The summed E-state index contributed by atoms with van der Waals surface area (Å²) in [5.74, 6) is 0.610. The standard InChI is InChI=1S/C15H11BrN2O2S/c16-13-5-2-1-4-11(13)8-17-20-10-12-9-19-15(18-12)14-6-3-7-21-14/h1-9H,10H2/b17-8-. The summed E-state index contributed by atoms with van der Waals surface area (Å²) >= 11 is 5.03. The van der Waals surface area contributed by atoms with Gasteiger partial charge in [-0.1, -0.05) is 45.4 Å². The second kappa shape index (κ2) is 6.69. The summed E-state index contributed by atoms with van der Waals surface area (Å²) in [5.41, 5.74) is 1.67. The molecule has 3 aromatic rings. The predicted octanol–water partition coefficient (Wildman–Crippen LogP) is 4.72. The van der Waals surface area contributed by atoms with Gasteiger partial charge in [-0.15, -0.1) is 11.3 Å². The van der Waals surface area contributed by atoms with Crippen molar-refractivity contribution in [2.75, 3.05) is 0 Å². The highest BCUT2D eigenvalue weighted by Crippen LogP contribution is 2.23. The minimum atomic E-state index is 0.274. The van der Waals surface area contributed by atoms with Crippen LogP contribution in [-0.2, 0) is 11.4 Å². The fourth-order valence-corrected chi connectivity index (χ4v) is 2.71. The van der Waals surface area contributed by atoms with Gasteiger partial charge in [-0.2, -0.15) is 0 Å². The fraction of sp³-hybridized carbons (Fsp3) is 0.0667. The Morgan fingerprint density at radius 1 is 1.29 bits per heavy atom. The number of nitrogens with zero attached hydrogens (tertiary/aromatic N) is 2. The summed E-state index contributed by atoms with van der Waals surface area (Å²) in [6.07, 6.45) is 3.24. The summed E-state index contributed by atoms with van der Waals surface area (Å²) in [4.78, 5) is 10.6. The van der Waals surface area contributed by atoms with E-state index in [-0.39, 0.29) is 6.61 Å². The number of thiophene rings is 1. The first-order valence-corrected chi connectivity index (χ1v) is 7.88. The molecule has 0 spiro atoms. The summed E-state index contributed by atoms with van der Waals surface area (Å²) in [6.45, 7) is 0.274. The van der Waals surface area contributed by atoms with E-state index in [1.165, 1.54) is 0 Å². The molecule has 1 aromatic carbocycles. The zero-order chi connectivity index (χ0) is 14.5. The largest absolute Gasteiger partial charge is 0.443 e. The van der Waals surface area contributed by atoms with Gasteiger partial charge in [-0.3, -0.25) is 0 Å². The van der Waals surface area contributed by atoms with Gasteiger partial charge in [-0.05, 0) is 17.5 Å². The van der Waals surface area contributed by atoms with Gasteiger partial charge in [0.15, 0.2) is 6.61 Å². The average molecular weight is 363 g/mol. The van der Waals surface area contributed by atoms with Crippen LogP contribution in [0, 0.1) is 0 Å². The number of benzene rings is 1. The van der Waals surface area contributed by atoms with Crippen LogP contribution in [-0.4, -0.2) is 11.2 Å². The summed E-state index contributed by atoms with van der Waals surface area (Å²) in [6, 6.07) is 11.7. The van der Waals surface area contributed by atoms with Crippen LogP contribution < -0.4 is 0 Å². The Bertz CT molecular complexity index is 738. The highest BCUT2D eigenvalue weighted by atomic mass is 79.9. The van der Waals surface area contributed by atoms with Crippen molar-refractivity contribution >= 4 is 33.5 Å². The smallest absolute Gasteiger partial charge is 0.236 e. The molecular weight excluding hydrogens is 352 g/mol. The zero-order valence-corrected chi connectivity index (χ0v) is 13.3. The Balaban J connectivity index is 1.58. The van der Waals surface area contributed by atoms with E-state index in [1.54, 1.807) is 23.8 Å². The minimum Gasteiger partial charge on any atom is -0.443 e. The molecule has 0 bridgehead atoms. The summed E-state index contributed by atoms with van der Waals surface area (Å²) < 4.78 is 6.37. The molecule has 0 aliphatic heterocycles. The lowest BCUT2D eigenvalue weighted by Gasteiger charge is -1.97. The van der Waals surface area contributed by atoms with E-state index in [0.29, 0.717) is 11.6 Å². The van der Waals surface area contributed by atoms with Crippen molar-refractivity contribution < 1.29 is 9.25 Å². The van der Waals surface area contributed by atoms with Gasteiger partial charge in [0.2, 0.25) is 5.89 Å². The Labute approximate surface area is 134 Å². The van der Waals surface area contributed by atoms with E-state index in [9.17, 15) is 0 Å². The van der Waals surface area contributed by atoms with Crippen LogP contribution in [0.3, 0.4) is 0 Å². The van der Waals surface area contributed by atoms with Crippen molar-refractivity contribution in [3.05, 3.63) is 63.8 Å². The van der Waals surface area contributed by atoms with E-state index in [4.69, 9.17) is 9.25 Å². The van der Waals surface area contributed by atoms with E-state index in [1.807, 2.05) is 41.8 Å². The van der Waals surface area contributed by atoms with Crippen LogP contribution in [0.5, 0.6) is 0 Å². The minimum absolute atomic E-state index is 0.274. The summed E-state index contributed by atoms with van der Waals surface area (Å²) in [5, 5.41) is 5.92. The molecular formula is C15H11BrN2O2S. The number of oxime groups is 1. The quantitative estimate of drug-likeness (QED) is 0.487. The number of hydrogen-bond donors (Lipinski definition) is 0. The van der Waals surface area contributed by atoms with Crippen LogP contribution in [0.2, 0.25) is 0 Å². The fourth-order valence-electron chi connectivity index (χ4n) is 1.66. The summed E-state index contributed by atoms with van der Waals surface area (Å²) in [7, 11) is 0. The van der Waals surface area contributed by atoms with Crippen molar-refractivity contribution in [1.82, 2.24) is 4.98 Å². The van der Waals surface area contributed by atoms with E-state index < -0.39 is 0 Å². The van der Waals surface area contributed by atoms with Gasteiger partial charge in [-0.25, -0.2) is 4.98 Å². The Kier molecular flexibility index (Phi) is 4.47. The molecule has 0 aliphatic carbocycles. The van der Waals surface area contributed by atoms with Crippen LogP contribution in [0.4, 0.5) is 0 Å². The molecule has 0 saturated carbocycles. The van der Waals surface area contributed by atoms with Gasteiger partial charge in [0.05, 0.1) is 11.1 Å². The number of oxazole rings is 1. The molecule has 0 atom stereocenters. The molecule has 0 radical (unpaired) electrons. The highest BCUT2D eigenvalue weighted by Gasteiger charge is 2.07. The second-order valence-electron chi connectivity index (χ2n) is 4.15. The third-order valence-electron chi connectivity index (χ3n) is 2.67. The second-order valence-corrected chi connectivity index (χ2v) is 5.95. The predicted molar refractivity (Wildman–Crippen MR) is 86.3 cm³/mol. The SMILES string of the molecule is Brc1ccccc1/C=N\OCc1coc(-c2cccs2)n1. The van der Waals surface area contributed by atoms with Crippen molar-refractivity contribution in [3.63, 3.8) is 0 Å².